The fourth-order valence-corrected chi connectivity index (χ4v) is 2.23. The van der Waals surface area contributed by atoms with Gasteiger partial charge in [-0.15, -0.1) is 0 Å². The number of carbonyl (C=O) groups excluding carboxylic acids is 1. The molecule has 0 aromatic heterocycles. The first-order chi connectivity index (χ1) is 9.88. The van der Waals surface area contributed by atoms with Crippen LogP contribution in [0.1, 0.15) is 12.0 Å². The molecule has 1 rings (SSSR count). The largest absolute Gasteiger partial charge is 0.452 e. The average molecular weight is 333 g/mol. The minimum absolute atomic E-state index is 0.101. The number of methoxy groups -OCH3 is 1. The van der Waals surface area contributed by atoms with Gasteiger partial charge < -0.3 is 9.84 Å². The summed E-state index contributed by atoms with van der Waals surface area (Å²) in [6.45, 7) is -0.106. The molecule has 9 heteroatoms. The van der Waals surface area contributed by atoms with Crippen molar-refractivity contribution < 1.29 is 23.1 Å². The monoisotopic (exact) mass is 332 g/mol. The van der Waals surface area contributed by atoms with Crippen LogP contribution >= 0.6 is 11.6 Å². The highest BCUT2D eigenvalue weighted by Gasteiger charge is 2.16. The maximum absolute atomic E-state index is 11.7. The number of hydrogen-bond acceptors (Lipinski definition) is 5. The molecule has 0 bridgehead atoms. The van der Waals surface area contributed by atoms with Gasteiger partial charge in [-0.3, -0.25) is 4.72 Å². The fourth-order valence-electron chi connectivity index (χ4n) is 1.25. The lowest BCUT2D eigenvalue weighted by Gasteiger charge is -2.10. The van der Waals surface area contributed by atoms with E-state index >= 15 is 0 Å². The summed E-state index contributed by atoms with van der Waals surface area (Å²) in [5.74, 6) is 5.35. The highest BCUT2D eigenvalue weighted by Crippen LogP contribution is 2.21. The molecule has 7 nitrogen and oxygen atoms in total. The summed E-state index contributed by atoms with van der Waals surface area (Å²) in [4.78, 5) is 10.9. The van der Waals surface area contributed by atoms with Crippen LogP contribution in [0.25, 0.3) is 0 Å². The predicted octanol–water partition coefficient (Wildman–Crippen LogP) is 1.09. The molecule has 0 unspecified atom stereocenters. The van der Waals surface area contributed by atoms with E-state index in [9.17, 15) is 13.2 Å². The molecule has 0 aliphatic carbocycles. The van der Waals surface area contributed by atoms with Gasteiger partial charge in [0.15, 0.2) is 0 Å². The number of hydrogen-bond donors (Lipinski definition) is 3. The van der Waals surface area contributed by atoms with Crippen LogP contribution in [0.2, 0.25) is 5.02 Å². The molecule has 0 atom stereocenters. The Hall–Kier alpha value is -1.95. The smallest absolute Gasteiger partial charge is 0.422 e. The molecule has 21 heavy (non-hydrogen) atoms. The molecule has 0 saturated carbocycles. The standard InChI is InChI=1S/C12H13ClN2O5S/c1-20-12(17)15-21(18,19)14-11-8-10(13)6-5-9(11)4-2-3-7-16/h5-6,8,14,16H,3,7H2,1H3,(H,15,17). The Morgan fingerprint density at radius 3 is 2.81 bits per heavy atom. The first kappa shape index (κ1) is 17.1. The molecular formula is C12H13ClN2O5S. The average Bonchev–Trinajstić information content (AvgIpc) is 2.40. The third kappa shape index (κ3) is 5.91. The van der Waals surface area contributed by atoms with Crippen molar-refractivity contribution >= 4 is 33.6 Å². The molecule has 114 valence electrons. The van der Waals surface area contributed by atoms with Crippen molar-refractivity contribution in [1.82, 2.24) is 4.72 Å². The topological polar surface area (TPSA) is 105 Å². The lowest BCUT2D eigenvalue weighted by atomic mass is 10.2. The van der Waals surface area contributed by atoms with Gasteiger partial charge >= 0.3 is 16.3 Å². The third-order valence-corrected chi connectivity index (χ3v) is 3.25. The van der Waals surface area contributed by atoms with Crippen molar-refractivity contribution in [3.05, 3.63) is 28.8 Å². The molecule has 1 aromatic rings. The molecule has 0 aliphatic heterocycles. The van der Waals surface area contributed by atoms with Gasteiger partial charge in [0.25, 0.3) is 0 Å². The van der Waals surface area contributed by atoms with Crippen LogP contribution in [-0.4, -0.2) is 33.3 Å². The summed E-state index contributed by atoms with van der Waals surface area (Å²) in [6, 6.07) is 4.40. The van der Waals surface area contributed by atoms with E-state index in [1.54, 1.807) is 4.72 Å². The first-order valence-corrected chi connectivity index (χ1v) is 7.52. The Morgan fingerprint density at radius 2 is 2.19 bits per heavy atom. The Labute approximate surface area is 127 Å². The molecule has 0 saturated heterocycles. The Balaban J connectivity index is 3.04. The summed E-state index contributed by atoms with van der Waals surface area (Å²) < 4.78 is 31.4. The lowest BCUT2D eigenvalue weighted by Crippen LogP contribution is -2.35. The molecule has 0 fully saturated rings. The van der Waals surface area contributed by atoms with Gasteiger partial charge in [0.2, 0.25) is 0 Å². The second kappa shape index (κ2) is 7.73. The number of rotatable bonds is 4. The molecule has 0 aliphatic rings. The zero-order chi connectivity index (χ0) is 15.9. The van der Waals surface area contributed by atoms with Gasteiger partial charge in [0, 0.05) is 17.0 Å². The van der Waals surface area contributed by atoms with Gasteiger partial charge in [0.05, 0.1) is 19.4 Å². The summed E-state index contributed by atoms with van der Waals surface area (Å²) in [7, 11) is -3.13. The lowest BCUT2D eigenvalue weighted by molar-refractivity contribution is 0.177. The van der Waals surface area contributed by atoms with Gasteiger partial charge in [-0.2, -0.15) is 8.42 Å². The van der Waals surface area contributed by atoms with E-state index in [-0.39, 0.29) is 18.7 Å². The van der Waals surface area contributed by atoms with Crippen molar-refractivity contribution in [1.29, 1.82) is 0 Å². The predicted molar refractivity (Wildman–Crippen MR) is 78.1 cm³/mol. The highest BCUT2D eigenvalue weighted by molar-refractivity contribution is 7.91. The number of benzene rings is 1. The number of nitrogens with one attached hydrogen (secondary N) is 2. The van der Waals surface area contributed by atoms with Gasteiger partial charge in [-0.05, 0) is 18.2 Å². The number of anilines is 1. The summed E-state index contributed by atoms with van der Waals surface area (Å²) in [5, 5.41) is 8.96. The Morgan fingerprint density at radius 1 is 1.48 bits per heavy atom. The quantitative estimate of drug-likeness (QED) is 0.716. The van der Waals surface area contributed by atoms with E-state index < -0.39 is 16.3 Å². The maximum Gasteiger partial charge on any atom is 0.422 e. The van der Waals surface area contributed by atoms with Crippen LogP contribution < -0.4 is 9.44 Å². The van der Waals surface area contributed by atoms with E-state index in [1.807, 2.05) is 0 Å². The molecule has 1 aromatic carbocycles. The zero-order valence-corrected chi connectivity index (χ0v) is 12.6. The minimum atomic E-state index is -4.17. The third-order valence-electron chi connectivity index (χ3n) is 2.09. The highest BCUT2D eigenvalue weighted by atomic mass is 35.5. The molecule has 3 N–H and O–H groups in total. The Bertz CT molecular complexity index is 679. The van der Waals surface area contributed by atoms with Gasteiger partial charge in [0.1, 0.15) is 0 Å². The summed E-state index contributed by atoms with van der Waals surface area (Å²) in [6.07, 6.45) is -0.882. The second-order valence-electron chi connectivity index (χ2n) is 3.66. The van der Waals surface area contributed by atoms with E-state index in [4.69, 9.17) is 16.7 Å². The van der Waals surface area contributed by atoms with Crippen molar-refractivity contribution in [2.45, 2.75) is 6.42 Å². The summed E-state index contributed by atoms with van der Waals surface area (Å²) in [5.41, 5.74) is 0.451. The second-order valence-corrected chi connectivity index (χ2v) is 5.52. The zero-order valence-electron chi connectivity index (χ0n) is 11.0. The van der Waals surface area contributed by atoms with Crippen LogP contribution in [0, 0.1) is 11.8 Å². The molecule has 0 heterocycles. The number of ether oxygens (including phenoxy) is 1. The number of amides is 1. The SMILES string of the molecule is COC(=O)NS(=O)(=O)Nc1cc(Cl)ccc1C#CCCO. The number of aliphatic hydroxyl groups excluding tert-OH is 1. The van der Waals surface area contributed by atoms with Crippen molar-refractivity contribution in [3.8, 4) is 11.8 Å². The van der Waals surface area contributed by atoms with Gasteiger partial charge in [-0.1, -0.05) is 23.4 Å². The van der Waals surface area contributed by atoms with Crippen LogP contribution in [0.3, 0.4) is 0 Å². The number of carbonyl (C=O) groups is 1. The number of halogens is 1. The van der Waals surface area contributed by atoms with E-state index in [0.717, 1.165) is 7.11 Å². The summed E-state index contributed by atoms with van der Waals surface area (Å²) >= 11 is 5.80. The van der Waals surface area contributed by atoms with Crippen molar-refractivity contribution in [2.24, 2.45) is 0 Å². The normalized spacial score (nSPS) is 10.2. The van der Waals surface area contributed by atoms with Crippen LogP contribution in [-0.2, 0) is 14.9 Å². The molecule has 0 radical (unpaired) electrons. The van der Waals surface area contributed by atoms with Crippen molar-refractivity contribution in [2.75, 3.05) is 18.4 Å². The van der Waals surface area contributed by atoms with Gasteiger partial charge in [-0.25, -0.2) is 9.52 Å². The Kier molecular flexibility index (Phi) is 6.30. The number of aliphatic hydroxyl groups is 1. The van der Waals surface area contributed by atoms with Crippen LogP contribution in [0.5, 0.6) is 0 Å². The maximum atomic E-state index is 11.7. The minimum Gasteiger partial charge on any atom is -0.452 e. The van der Waals surface area contributed by atoms with E-state index in [1.165, 1.54) is 18.2 Å². The fraction of sp³-hybridized carbons (Fsp3) is 0.250. The first-order valence-electron chi connectivity index (χ1n) is 5.65. The van der Waals surface area contributed by atoms with Crippen LogP contribution in [0.15, 0.2) is 18.2 Å². The van der Waals surface area contributed by atoms with Crippen molar-refractivity contribution in [3.63, 3.8) is 0 Å². The van der Waals surface area contributed by atoms with E-state index in [2.05, 4.69) is 21.3 Å². The molecular weight excluding hydrogens is 320 g/mol. The van der Waals surface area contributed by atoms with Crippen LogP contribution in [0.4, 0.5) is 10.5 Å². The van der Waals surface area contributed by atoms with E-state index in [0.29, 0.717) is 10.6 Å². The molecule has 0 spiro atoms. The molecule has 1 amide bonds.